The molecule has 1 atom stereocenters. The molecule has 0 aromatic heterocycles. The third-order valence-electron chi connectivity index (χ3n) is 5.47. The van der Waals surface area contributed by atoms with Gasteiger partial charge in [0.25, 0.3) is 11.6 Å². The lowest BCUT2D eigenvalue weighted by molar-refractivity contribution is -0.534. The predicted molar refractivity (Wildman–Crippen MR) is 105 cm³/mol. The molecule has 0 aliphatic carbocycles. The molecule has 0 amide bonds. The van der Waals surface area contributed by atoms with Crippen LogP contribution in [0.15, 0.2) is 53.0 Å². The van der Waals surface area contributed by atoms with Gasteiger partial charge in [0.2, 0.25) is 0 Å². The molecule has 3 nitrogen and oxygen atoms in total. The van der Waals surface area contributed by atoms with Crippen molar-refractivity contribution < 1.29 is 22.9 Å². The standard InChI is InChI=1S/C21H21BrF3N2O/c22-17-10-8-15(9-11-17)20(28)14-26-12-3-1-2-7-19(26)27(20)18-6-4-5-16(13-18)21(23,24)25/h4-6,8-11,13,28H,1-3,7,12,14H2/q+1. The third-order valence-corrected chi connectivity index (χ3v) is 6.00. The SMILES string of the molecule is OC1(c2ccc(Br)cc2)C[N+]2=C(CCCCC2)N1c1cccc(C(F)(F)F)c1. The van der Waals surface area contributed by atoms with E-state index in [2.05, 4.69) is 20.5 Å². The molecule has 0 fully saturated rings. The van der Waals surface area contributed by atoms with Crippen LogP contribution in [0.1, 0.15) is 36.8 Å². The van der Waals surface area contributed by atoms with Gasteiger partial charge in [0, 0.05) is 16.5 Å². The van der Waals surface area contributed by atoms with Gasteiger partial charge in [-0.15, -0.1) is 0 Å². The Balaban J connectivity index is 1.85. The fourth-order valence-corrected chi connectivity index (χ4v) is 4.41. The number of alkyl halides is 3. The van der Waals surface area contributed by atoms with Crippen molar-refractivity contribution in [3.05, 3.63) is 64.1 Å². The number of aliphatic hydroxyl groups is 1. The molecule has 2 heterocycles. The summed E-state index contributed by atoms with van der Waals surface area (Å²) in [5.74, 6) is 0.891. The summed E-state index contributed by atoms with van der Waals surface area (Å²) in [6.07, 6.45) is -0.657. The number of rotatable bonds is 2. The molecule has 0 radical (unpaired) electrons. The van der Waals surface area contributed by atoms with E-state index in [9.17, 15) is 18.3 Å². The van der Waals surface area contributed by atoms with Gasteiger partial charge >= 0.3 is 6.18 Å². The van der Waals surface area contributed by atoms with Crippen LogP contribution < -0.4 is 4.90 Å². The Bertz CT molecular complexity index is 911. The first kappa shape index (κ1) is 19.5. The number of nitrogens with zero attached hydrogens (tertiary/aromatic N) is 2. The van der Waals surface area contributed by atoms with Gasteiger partial charge in [0.1, 0.15) is 5.69 Å². The number of hydrogen-bond donors (Lipinski definition) is 1. The Kier molecular flexibility index (Phi) is 5.00. The van der Waals surface area contributed by atoms with Crippen molar-refractivity contribution in [2.75, 3.05) is 18.0 Å². The molecule has 4 rings (SSSR count). The molecular weight excluding hydrogens is 433 g/mol. The first-order valence-electron chi connectivity index (χ1n) is 9.36. The van der Waals surface area contributed by atoms with Crippen LogP contribution in [0.25, 0.3) is 0 Å². The van der Waals surface area contributed by atoms with Crippen molar-refractivity contribution >= 4 is 27.5 Å². The van der Waals surface area contributed by atoms with Crippen LogP contribution in [0, 0.1) is 0 Å². The molecule has 1 N–H and O–H groups in total. The highest BCUT2D eigenvalue weighted by Gasteiger charge is 2.54. The highest BCUT2D eigenvalue weighted by atomic mass is 79.9. The molecule has 148 valence electrons. The summed E-state index contributed by atoms with van der Waals surface area (Å²) in [5.41, 5.74) is -1.11. The third kappa shape index (κ3) is 3.46. The van der Waals surface area contributed by atoms with Gasteiger partial charge in [0.15, 0.2) is 6.54 Å². The molecule has 1 unspecified atom stereocenters. The largest absolute Gasteiger partial charge is 0.416 e. The smallest absolute Gasteiger partial charge is 0.346 e. The maximum absolute atomic E-state index is 13.3. The van der Waals surface area contributed by atoms with Gasteiger partial charge < -0.3 is 5.11 Å². The van der Waals surface area contributed by atoms with Crippen LogP contribution in [0.5, 0.6) is 0 Å². The lowest BCUT2D eigenvalue weighted by atomic mass is 9.99. The average Bonchev–Trinajstić information content (AvgIpc) is 2.78. The number of benzene rings is 2. The van der Waals surface area contributed by atoms with E-state index in [0.29, 0.717) is 17.8 Å². The van der Waals surface area contributed by atoms with E-state index >= 15 is 0 Å². The van der Waals surface area contributed by atoms with Gasteiger partial charge in [-0.05, 0) is 49.6 Å². The monoisotopic (exact) mass is 453 g/mol. The zero-order chi connectivity index (χ0) is 19.9. The molecule has 0 bridgehead atoms. The van der Waals surface area contributed by atoms with Crippen LogP contribution in [-0.2, 0) is 11.9 Å². The van der Waals surface area contributed by atoms with Gasteiger partial charge in [0.05, 0.1) is 12.1 Å². The minimum atomic E-state index is -4.43. The molecule has 28 heavy (non-hydrogen) atoms. The second-order valence-corrected chi connectivity index (χ2v) is 8.27. The number of halogens is 4. The first-order valence-corrected chi connectivity index (χ1v) is 10.1. The zero-order valence-corrected chi connectivity index (χ0v) is 16.8. The molecule has 7 heteroatoms. The molecular formula is C21H21BrF3N2O+. The van der Waals surface area contributed by atoms with E-state index in [1.54, 1.807) is 11.0 Å². The van der Waals surface area contributed by atoms with Crippen LogP contribution in [0.2, 0.25) is 0 Å². The molecule has 2 aliphatic rings. The fraction of sp³-hybridized carbons (Fsp3) is 0.381. The number of amidine groups is 1. The van der Waals surface area contributed by atoms with Gasteiger partial charge in [-0.3, -0.25) is 4.58 Å². The average molecular weight is 454 g/mol. The van der Waals surface area contributed by atoms with Crippen molar-refractivity contribution in [2.24, 2.45) is 0 Å². The summed E-state index contributed by atoms with van der Waals surface area (Å²) in [7, 11) is 0. The van der Waals surface area contributed by atoms with Gasteiger partial charge in [-0.1, -0.05) is 34.1 Å². The Labute approximate surface area is 170 Å². The van der Waals surface area contributed by atoms with E-state index in [-0.39, 0.29) is 0 Å². The van der Waals surface area contributed by atoms with E-state index < -0.39 is 17.5 Å². The van der Waals surface area contributed by atoms with Gasteiger partial charge in [-0.2, -0.15) is 18.1 Å². The predicted octanol–water partition coefficient (Wildman–Crippen LogP) is 5.12. The lowest BCUT2D eigenvalue weighted by Crippen LogP contribution is -2.47. The van der Waals surface area contributed by atoms with Crippen LogP contribution in [0.3, 0.4) is 0 Å². The summed E-state index contributed by atoms with van der Waals surface area (Å²) in [6.45, 7) is 1.13. The lowest BCUT2D eigenvalue weighted by Gasteiger charge is -2.29. The molecule has 2 aromatic rings. The fourth-order valence-electron chi connectivity index (χ4n) is 4.14. The summed E-state index contributed by atoms with van der Waals surface area (Å²) in [6, 6.07) is 12.5. The first-order chi connectivity index (χ1) is 13.3. The van der Waals surface area contributed by atoms with Crippen LogP contribution in [-0.4, -0.2) is 28.6 Å². The summed E-state index contributed by atoms with van der Waals surface area (Å²) < 4.78 is 42.9. The maximum atomic E-state index is 13.3. The molecule has 0 spiro atoms. The van der Waals surface area contributed by atoms with Crippen molar-refractivity contribution in [3.63, 3.8) is 0 Å². The van der Waals surface area contributed by atoms with Crippen molar-refractivity contribution in [1.82, 2.24) is 0 Å². The molecule has 0 saturated heterocycles. The Morgan fingerprint density at radius 1 is 1.04 bits per heavy atom. The van der Waals surface area contributed by atoms with Crippen molar-refractivity contribution in [1.29, 1.82) is 0 Å². The van der Waals surface area contributed by atoms with Crippen molar-refractivity contribution in [2.45, 2.75) is 37.6 Å². The summed E-state index contributed by atoms with van der Waals surface area (Å²) in [5, 5.41) is 11.7. The molecule has 2 aromatic carbocycles. The summed E-state index contributed by atoms with van der Waals surface area (Å²) in [4.78, 5) is 1.71. The minimum absolute atomic E-state index is 0.334. The van der Waals surface area contributed by atoms with Crippen molar-refractivity contribution in [3.8, 4) is 0 Å². The second kappa shape index (κ2) is 7.19. The highest BCUT2D eigenvalue weighted by molar-refractivity contribution is 9.10. The van der Waals surface area contributed by atoms with E-state index in [1.807, 2.05) is 24.3 Å². The maximum Gasteiger partial charge on any atom is 0.416 e. The molecule has 0 saturated carbocycles. The minimum Gasteiger partial charge on any atom is -0.346 e. The molecule has 2 aliphatic heterocycles. The van der Waals surface area contributed by atoms with E-state index in [1.165, 1.54) is 6.07 Å². The van der Waals surface area contributed by atoms with E-state index in [4.69, 9.17) is 0 Å². The second-order valence-electron chi connectivity index (χ2n) is 7.36. The topological polar surface area (TPSA) is 26.5 Å². The van der Waals surface area contributed by atoms with E-state index in [0.717, 1.165) is 54.7 Å². The Morgan fingerprint density at radius 2 is 1.79 bits per heavy atom. The quantitative estimate of drug-likeness (QED) is 0.638. The van der Waals surface area contributed by atoms with Gasteiger partial charge in [-0.25, -0.2) is 0 Å². The summed E-state index contributed by atoms with van der Waals surface area (Å²) >= 11 is 3.40. The normalized spacial score (nSPS) is 23.0. The van der Waals surface area contributed by atoms with Crippen LogP contribution in [0.4, 0.5) is 18.9 Å². The zero-order valence-electron chi connectivity index (χ0n) is 15.2. The van der Waals surface area contributed by atoms with Crippen LogP contribution >= 0.6 is 15.9 Å². The number of anilines is 1. The number of hydrogen-bond acceptors (Lipinski definition) is 2. The Morgan fingerprint density at radius 3 is 2.50 bits per heavy atom. The Hall–Kier alpha value is -1.86. The highest BCUT2D eigenvalue weighted by Crippen LogP contribution is 2.40.